The number of hydrogen-bond donors (Lipinski definition) is 1. The maximum Gasteiger partial charge on any atom is 0.250 e. The molecule has 0 saturated carbocycles. The molecule has 10 heteroatoms. The first-order valence-electron chi connectivity index (χ1n) is 10.5. The number of methoxy groups -OCH3 is 1. The van der Waals surface area contributed by atoms with Crippen LogP contribution in [0.3, 0.4) is 0 Å². The number of hydrazone groups is 1. The van der Waals surface area contributed by atoms with E-state index >= 15 is 0 Å². The van der Waals surface area contributed by atoms with Crippen LogP contribution in [-0.4, -0.2) is 39.2 Å². The lowest BCUT2D eigenvalue weighted by molar-refractivity contribution is -0.118. The van der Waals surface area contributed by atoms with E-state index in [9.17, 15) is 4.79 Å². The molecule has 1 N–H and O–H groups in total. The van der Waals surface area contributed by atoms with Gasteiger partial charge in [-0.2, -0.15) is 5.10 Å². The Bertz CT molecular complexity index is 1360. The molecule has 4 rings (SSSR count). The van der Waals surface area contributed by atoms with Gasteiger partial charge < -0.3 is 4.74 Å². The monoisotopic (exact) mass is 525 g/mol. The fourth-order valence-electron chi connectivity index (χ4n) is 3.20. The molecule has 7 nitrogen and oxygen atoms in total. The minimum absolute atomic E-state index is 0.0984. The van der Waals surface area contributed by atoms with Crippen molar-refractivity contribution >= 4 is 46.6 Å². The van der Waals surface area contributed by atoms with Crippen molar-refractivity contribution in [2.45, 2.75) is 12.1 Å². The molecule has 1 aromatic heterocycles. The molecule has 178 valence electrons. The number of halogens is 2. The van der Waals surface area contributed by atoms with Crippen LogP contribution in [0.4, 0.5) is 0 Å². The van der Waals surface area contributed by atoms with Gasteiger partial charge in [-0.05, 0) is 48.9 Å². The summed E-state index contributed by atoms with van der Waals surface area (Å²) in [7, 11) is 1.62. The largest absolute Gasteiger partial charge is 0.497 e. The van der Waals surface area contributed by atoms with Gasteiger partial charge in [0.1, 0.15) is 5.75 Å². The number of thioether (sulfide) groups is 1. The molecule has 1 amide bonds. The lowest BCUT2D eigenvalue weighted by Gasteiger charge is -2.11. The van der Waals surface area contributed by atoms with Gasteiger partial charge in [-0.15, -0.1) is 10.2 Å². The molecule has 1 heterocycles. The number of amides is 1. The number of benzene rings is 3. The second-order valence-corrected chi connectivity index (χ2v) is 9.11. The molecule has 0 aliphatic rings. The van der Waals surface area contributed by atoms with Gasteiger partial charge in [0.25, 0.3) is 5.91 Å². The van der Waals surface area contributed by atoms with Crippen molar-refractivity contribution in [2.75, 3.05) is 12.9 Å². The van der Waals surface area contributed by atoms with Crippen molar-refractivity contribution in [1.82, 2.24) is 20.2 Å². The summed E-state index contributed by atoms with van der Waals surface area (Å²) in [5.74, 6) is 1.24. The van der Waals surface area contributed by atoms with Crippen molar-refractivity contribution in [3.8, 4) is 22.8 Å². The molecule has 0 aliphatic heterocycles. The van der Waals surface area contributed by atoms with Gasteiger partial charge in [-0.3, -0.25) is 9.36 Å². The highest BCUT2D eigenvalue weighted by Gasteiger charge is 2.17. The van der Waals surface area contributed by atoms with Crippen LogP contribution in [0.1, 0.15) is 12.5 Å². The van der Waals surface area contributed by atoms with Crippen LogP contribution in [0.5, 0.6) is 5.75 Å². The van der Waals surface area contributed by atoms with Gasteiger partial charge >= 0.3 is 0 Å². The van der Waals surface area contributed by atoms with E-state index < -0.39 is 0 Å². The summed E-state index contributed by atoms with van der Waals surface area (Å²) in [6, 6.07) is 22.5. The van der Waals surface area contributed by atoms with Gasteiger partial charge in [0.15, 0.2) is 11.0 Å². The van der Waals surface area contributed by atoms with Crippen LogP contribution in [0.2, 0.25) is 10.0 Å². The molecule has 0 unspecified atom stereocenters. The first-order chi connectivity index (χ1) is 17.0. The van der Waals surface area contributed by atoms with E-state index in [0.717, 1.165) is 22.6 Å². The van der Waals surface area contributed by atoms with Gasteiger partial charge in [-0.1, -0.05) is 71.4 Å². The van der Waals surface area contributed by atoms with Crippen molar-refractivity contribution in [3.05, 3.63) is 88.4 Å². The summed E-state index contributed by atoms with van der Waals surface area (Å²) in [5.41, 5.74) is 5.71. The van der Waals surface area contributed by atoms with E-state index in [1.54, 1.807) is 32.2 Å². The van der Waals surface area contributed by atoms with Crippen molar-refractivity contribution in [3.63, 3.8) is 0 Å². The number of aromatic nitrogens is 3. The Morgan fingerprint density at radius 2 is 1.77 bits per heavy atom. The van der Waals surface area contributed by atoms with E-state index in [1.165, 1.54) is 11.8 Å². The number of rotatable bonds is 8. The van der Waals surface area contributed by atoms with Gasteiger partial charge in [0, 0.05) is 11.3 Å². The molecule has 0 fully saturated rings. The molecular weight excluding hydrogens is 505 g/mol. The van der Waals surface area contributed by atoms with Crippen LogP contribution in [-0.2, 0) is 4.79 Å². The fourth-order valence-corrected chi connectivity index (χ4v) is 4.24. The minimum Gasteiger partial charge on any atom is -0.497 e. The maximum absolute atomic E-state index is 12.5. The van der Waals surface area contributed by atoms with Crippen molar-refractivity contribution in [1.29, 1.82) is 0 Å². The zero-order valence-corrected chi connectivity index (χ0v) is 21.2. The smallest absolute Gasteiger partial charge is 0.250 e. The van der Waals surface area contributed by atoms with E-state index in [1.807, 2.05) is 59.2 Å². The normalized spacial score (nSPS) is 11.4. The molecule has 0 radical (unpaired) electrons. The minimum atomic E-state index is -0.278. The zero-order chi connectivity index (χ0) is 24.8. The summed E-state index contributed by atoms with van der Waals surface area (Å²) in [6.07, 6.45) is 0. The summed E-state index contributed by atoms with van der Waals surface area (Å²) in [4.78, 5) is 12.5. The molecule has 3 aromatic carbocycles. The number of ether oxygens (including phenoxy) is 1. The highest BCUT2D eigenvalue weighted by Crippen LogP contribution is 2.29. The van der Waals surface area contributed by atoms with Crippen LogP contribution in [0, 0.1) is 0 Å². The lowest BCUT2D eigenvalue weighted by atomic mass is 10.1. The average molecular weight is 526 g/mol. The maximum atomic E-state index is 12.5. The number of nitrogens with one attached hydrogen (secondary N) is 1. The van der Waals surface area contributed by atoms with Gasteiger partial charge in [0.05, 0.1) is 28.6 Å². The quantitative estimate of drug-likeness (QED) is 0.176. The number of carbonyl (C=O) groups is 1. The topological polar surface area (TPSA) is 81.4 Å². The van der Waals surface area contributed by atoms with E-state index in [-0.39, 0.29) is 11.7 Å². The zero-order valence-electron chi connectivity index (χ0n) is 18.9. The summed E-state index contributed by atoms with van der Waals surface area (Å²) in [6.45, 7) is 1.78. The summed E-state index contributed by atoms with van der Waals surface area (Å²) >= 11 is 13.3. The van der Waals surface area contributed by atoms with E-state index in [2.05, 4.69) is 20.7 Å². The standard InChI is InChI=1S/C25H21Cl2N5O2S/c1-16(18-8-13-21(26)22(27)14-18)28-29-23(33)15-35-25-31-30-24(17-6-4-3-5-7-17)32(25)19-9-11-20(34-2)12-10-19/h3-14H,15H2,1-2H3,(H,29,33)/b28-16-. The van der Waals surface area contributed by atoms with Crippen LogP contribution in [0.25, 0.3) is 17.1 Å². The van der Waals surface area contributed by atoms with Crippen LogP contribution in [0.15, 0.2) is 83.1 Å². The Labute approximate surface area is 217 Å². The highest BCUT2D eigenvalue weighted by atomic mass is 35.5. The van der Waals surface area contributed by atoms with E-state index in [4.69, 9.17) is 27.9 Å². The van der Waals surface area contributed by atoms with E-state index in [0.29, 0.717) is 26.7 Å². The van der Waals surface area contributed by atoms with Gasteiger partial charge in [-0.25, -0.2) is 5.43 Å². The molecule has 4 aromatic rings. The SMILES string of the molecule is COc1ccc(-n2c(SCC(=O)N/N=C(/C)c3ccc(Cl)c(Cl)c3)nnc2-c2ccccc2)cc1. The summed E-state index contributed by atoms with van der Waals surface area (Å²) < 4.78 is 7.19. The first kappa shape index (κ1) is 24.8. The Morgan fingerprint density at radius 3 is 2.46 bits per heavy atom. The van der Waals surface area contributed by atoms with Crippen LogP contribution >= 0.6 is 35.0 Å². The predicted molar refractivity (Wildman–Crippen MR) is 141 cm³/mol. The molecule has 35 heavy (non-hydrogen) atoms. The van der Waals surface area contributed by atoms with Crippen molar-refractivity contribution < 1.29 is 9.53 Å². The number of hydrogen-bond acceptors (Lipinski definition) is 6. The van der Waals surface area contributed by atoms with Crippen molar-refractivity contribution in [2.24, 2.45) is 5.10 Å². The van der Waals surface area contributed by atoms with Crippen LogP contribution < -0.4 is 10.2 Å². The third-order valence-electron chi connectivity index (χ3n) is 5.01. The average Bonchev–Trinajstić information content (AvgIpc) is 3.32. The number of nitrogens with zero attached hydrogens (tertiary/aromatic N) is 4. The molecule has 0 spiro atoms. The first-order valence-corrected chi connectivity index (χ1v) is 12.3. The Balaban J connectivity index is 1.52. The second-order valence-electron chi connectivity index (χ2n) is 7.36. The Hall–Kier alpha value is -3.33. The molecular formula is C25H21Cl2N5O2S. The third-order valence-corrected chi connectivity index (χ3v) is 6.68. The lowest BCUT2D eigenvalue weighted by Crippen LogP contribution is -2.21. The molecule has 0 atom stereocenters. The second kappa shape index (κ2) is 11.4. The highest BCUT2D eigenvalue weighted by molar-refractivity contribution is 7.99. The number of carbonyl (C=O) groups excluding carboxylic acids is 1. The van der Waals surface area contributed by atoms with Gasteiger partial charge in [0.2, 0.25) is 0 Å². The third kappa shape index (κ3) is 6.03. The molecule has 0 bridgehead atoms. The Kier molecular flexibility index (Phi) is 8.07. The summed E-state index contributed by atoms with van der Waals surface area (Å²) in [5, 5.41) is 14.4. The molecule has 0 saturated heterocycles. The Morgan fingerprint density at radius 1 is 1.03 bits per heavy atom. The fraction of sp³-hybridized carbons (Fsp3) is 0.120. The molecule has 0 aliphatic carbocycles. The predicted octanol–water partition coefficient (Wildman–Crippen LogP) is 5.88.